The average Bonchev–Trinajstić information content (AvgIpc) is 3.16. The van der Waals surface area contributed by atoms with Crippen LogP contribution >= 0.6 is 11.8 Å². The smallest absolute Gasteiger partial charge is 0.251 e. The Labute approximate surface area is 187 Å². The van der Waals surface area contributed by atoms with Gasteiger partial charge < -0.3 is 10.2 Å². The normalized spacial score (nSPS) is 14.2. The molecule has 8 heteroatoms. The van der Waals surface area contributed by atoms with Crippen LogP contribution < -0.4 is 10.2 Å². The minimum Gasteiger partial charge on any atom is -0.356 e. The van der Waals surface area contributed by atoms with Crippen molar-refractivity contribution in [3.05, 3.63) is 41.1 Å². The van der Waals surface area contributed by atoms with Crippen molar-refractivity contribution in [3.8, 4) is 0 Å². The Morgan fingerprint density at radius 3 is 2.55 bits per heavy atom. The molecule has 1 aliphatic rings. The van der Waals surface area contributed by atoms with Crippen molar-refractivity contribution in [1.82, 2.24) is 25.1 Å². The maximum Gasteiger partial charge on any atom is 0.251 e. The van der Waals surface area contributed by atoms with E-state index >= 15 is 0 Å². The fourth-order valence-corrected chi connectivity index (χ4v) is 4.67. The number of amides is 1. The molecule has 1 saturated heterocycles. The second kappa shape index (κ2) is 9.68. The molecule has 0 atom stereocenters. The SMILES string of the molecule is CCSc1nc(N2CCCCC2)c2cnn(CCNC(=O)c3cc(C)cc(C)c3)c2n1. The number of nitrogens with zero attached hydrogens (tertiary/aromatic N) is 5. The van der Waals surface area contributed by atoms with Crippen LogP contribution in [0.2, 0.25) is 0 Å². The number of anilines is 1. The lowest BCUT2D eigenvalue weighted by molar-refractivity contribution is 0.0952. The predicted molar refractivity (Wildman–Crippen MR) is 126 cm³/mol. The summed E-state index contributed by atoms with van der Waals surface area (Å²) in [6.45, 7) is 9.22. The summed E-state index contributed by atoms with van der Waals surface area (Å²) in [5.74, 6) is 1.85. The fourth-order valence-electron chi connectivity index (χ4n) is 4.11. The van der Waals surface area contributed by atoms with E-state index in [-0.39, 0.29) is 5.91 Å². The molecule has 0 radical (unpaired) electrons. The number of nitrogens with one attached hydrogen (secondary N) is 1. The third kappa shape index (κ3) is 5.01. The molecule has 1 aliphatic heterocycles. The first kappa shape index (κ1) is 21.6. The van der Waals surface area contributed by atoms with Crippen molar-refractivity contribution in [1.29, 1.82) is 0 Å². The van der Waals surface area contributed by atoms with Gasteiger partial charge in [-0.3, -0.25) is 4.79 Å². The molecule has 1 fully saturated rings. The molecule has 1 amide bonds. The molecule has 0 saturated carbocycles. The van der Waals surface area contributed by atoms with E-state index in [1.165, 1.54) is 19.3 Å². The number of rotatable bonds is 7. The Hall–Kier alpha value is -2.61. The number of thioether (sulfide) groups is 1. The lowest BCUT2D eigenvalue weighted by Crippen LogP contribution is -2.30. The van der Waals surface area contributed by atoms with Crippen LogP contribution in [0.1, 0.15) is 47.7 Å². The largest absolute Gasteiger partial charge is 0.356 e. The molecule has 164 valence electrons. The Morgan fingerprint density at radius 1 is 1.10 bits per heavy atom. The highest BCUT2D eigenvalue weighted by atomic mass is 32.2. The zero-order valence-corrected chi connectivity index (χ0v) is 19.3. The van der Waals surface area contributed by atoms with Crippen LogP contribution in [0, 0.1) is 13.8 Å². The number of aromatic nitrogens is 4. The van der Waals surface area contributed by atoms with Crippen LogP contribution in [0.4, 0.5) is 5.82 Å². The number of fused-ring (bicyclic) bond motifs is 1. The van der Waals surface area contributed by atoms with Gasteiger partial charge in [0, 0.05) is 25.2 Å². The summed E-state index contributed by atoms with van der Waals surface area (Å²) >= 11 is 1.65. The summed E-state index contributed by atoms with van der Waals surface area (Å²) in [5.41, 5.74) is 3.71. The highest BCUT2D eigenvalue weighted by Crippen LogP contribution is 2.29. The molecule has 3 aromatic rings. The second-order valence-corrected chi connectivity index (χ2v) is 9.28. The van der Waals surface area contributed by atoms with Crippen molar-refractivity contribution in [2.75, 3.05) is 30.3 Å². The third-order valence-electron chi connectivity index (χ3n) is 5.48. The van der Waals surface area contributed by atoms with E-state index in [9.17, 15) is 4.79 Å². The van der Waals surface area contributed by atoms with Crippen LogP contribution in [-0.2, 0) is 6.54 Å². The maximum atomic E-state index is 12.6. The van der Waals surface area contributed by atoms with E-state index in [1.54, 1.807) is 11.8 Å². The number of carbonyl (C=O) groups excluding carboxylic acids is 1. The van der Waals surface area contributed by atoms with Crippen molar-refractivity contribution in [2.24, 2.45) is 0 Å². The van der Waals surface area contributed by atoms with Crippen LogP contribution in [0.15, 0.2) is 29.6 Å². The van der Waals surface area contributed by atoms with E-state index in [2.05, 4.69) is 28.3 Å². The number of carbonyl (C=O) groups is 1. The fraction of sp³-hybridized carbons (Fsp3) is 0.478. The van der Waals surface area contributed by atoms with Gasteiger partial charge in [-0.25, -0.2) is 14.6 Å². The molecular weight excluding hydrogens is 408 g/mol. The van der Waals surface area contributed by atoms with E-state index in [0.717, 1.165) is 52.0 Å². The molecule has 2 aromatic heterocycles. The summed E-state index contributed by atoms with van der Waals surface area (Å²) in [6.07, 6.45) is 5.53. The molecule has 4 rings (SSSR count). The first-order valence-corrected chi connectivity index (χ1v) is 12.0. The van der Waals surface area contributed by atoms with Crippen molar-refractivity contribution < 1.29 is 4.79 Å². The van der Waals surface area contributed by atoms with Gasteiger partial charge in [-0.2, -0.15) is 5.10 Å². The van der Waals surface area contributed by atoms with E-state index < -0.39 is 0 Å². The van der Waals surface area contributed by atoms with Gasteiger partial charge in [0.2, 0.25) is 0 Å². The summed E-state index contributed by atoms with van der Waals surface area (Å²) in [5, 5.41) is 9.37. The van der Waals surface area contributed by atoms with Crippen LogP contribution in [-0.4, -0.2) is 51.0 Å². The van der Waals surface area contributed by atoms with Gasteiger partial charge >= 0.3 is 0 Å². The summed E-state index contributed by atoms with van der Waals surface area (Å²) < 4.78 is 1.88. The lowest BCUT2D eigenvalue weighted by atomic mass is 10.1. The van der Waals surface area contributed by atoms with E-state index in [4.69, 9.17) is 9.97 Å². The van der Waals surface area contributed by atoms with E-state index in [1.807, 2.05) is 36.9 Å². The summed E-state index contributed by atoms with van der Waals surface area (Å²) in [6, 6.07) is 5.90. The number of benzene rings is 1. The zero-order valence-electron chi connectivity index (χ0n) is 18.5. The van der Waals surface area contributed by atoms with E-state index in [0.29, 0.717) is 18.7 Å². The highest BCUT2D eigenvalue weighted by Gasteiger charge is 2.20. The molecule has 3 heterocycles. The zero-order chi connectivity index (χ0) is 21.8. The van der Waals surface area contributed by atoms with Gasteiger partial charge in [0.25, 0.3) is 5.91 Å². The first-order chi connectivity index (χ1) is 15.0. The molecule has 0 aliphatic carbocycles. The standard InChI is InChI=1S/C23H30N6OS/c1-4-31-23-26-20(28-9-6-5-7-10-28)19-15-25-29(21(19)27-23)11-8-24-22(30)18-13-16(2)12-17(3)14-18/h12-15H,4-11H2,1-3H3,(H,24,30). The second-order valence-electron chi connectivity index (χ2n) is 8.05. The topological polar surface area (TPSA) is 75.9 Å². The molecule has 0 bridgehead atoms. The molecule has 0 unspecified atom stereocenters. The van der Waals surface area contributed by atoms with Crippen molar-refractivity contribution in [3.63, 3.8) is 0 Å². The molecule has 31 heavy (non-hydrogen) atoms. The Morgan fingerprint density at radius 2 is 1.84 bits per heavy atom. The van der Waals surface area contributed by atoms with Gasteiger partial charge in [0.1, 0.15) is 5.82 Å². The number of piperidine rings is 1. The van der Waals surface area contributed by atoms with Gasteiger partial charge in [-0.15, -0.1) is 0 Å². The molecule has 7 nitrogen and oxygen atoms in total. The van der Waals surface area contributed by atoms with Crippen LogP contribution in [0.5, 0.6) is 0 Å². The highest BCUT2D eigenvalue weighted by molar-refractivity contribution is 7.99. The number of hydrogen-bond acceptors (Lipinski definition) is 6. The third-order valence-corrected chi connectivity index (χ3v) is 6.21. The minimum atomic E-state index is -0.0610. The molecule has 1 N–H and O–H groups in total. The average molecular weight is 439 g/mol. The Kier molecular flexibility index (Phi) is 6.75. The maximum absolute atomic E-state index is 12.6. The molecule has 1 aromatic carbocycles. The summed E-state index contributed by atoms with van der Waals surface area (Å²) in [7, 11) is 0. The Bertz CT molecular complexity index is 1050. The van der Waals surface area contributed by atoms with Gasteiger partial charge in [0.05, 0.1) is 18.1 Å². The quantitative estimate of drug-likeness (QED) is 0.444. The molecular formula is C23H30N6OS. The predicted octanol–water partition coefficient (Wildman–Crippen LogP) is 3.98. The molecule has 0 spiro atoms. The van der Waals surface area contributed by atoms with Gasteiger partial charge in [-0.05, 0) is 51.0 Å². The first-order valence-electron chi connectivity index (χ1n) is 11.0. The van der Waals surface area contributed by atoms with Gasteiger partial charge in [-0.1, -0.05) is 35.9 Å². The summed E-state index contributed by atoms with van der Waals surface area (Å²) in [4.78, 5) is 24.5. The lowest BCUT2D eigenvalue weighted by Gasteiger charge is -2.28. The monoisotopic (exact) mass is 438 g/mol. The van der Waals surface area contributed by atoms with Crippen LogP contribution in [0.25, 0.3) is 11.0 Å². The van der Waals surface area contributed by atoms with Gasteiger partial charge in [0.15, 0.2) is 10.8 Å². The number of hydrogen-bond donors (Lipinski definition) is 1. The Balaban J connectivity index is 1.52. The van der Waals surface area contributed by atoms with Crippen molar-refractivity contribution in [2.45, 2.75) is 51.7 Å². The number of aryl methyl sites for hydroxylation is 2. The minimum absolute atomic E-state index is 0.0610. The van der Waals surface area contributed by atoms with Crippen molar-refractivity contribution >= 4 is 34.5 Å². The van der Waals surface area contributed by atoms with Crippen LogP contribution in [0.3, 0.4) is 0 Å².